The van der Waals surface area contributed by atoms with Gasteiger partial charge in [0.05, 0.1) is 45.4 Å². The number of carbonyl (C=O) groups is 3. The summed E-state index contributed by atoms with van der Waals surface area (Å²) in [4.78, 5) is 40.7. The third kappa shape index (κ3) is 3.62. The highest BCUT2D eigenvalue weighted by Crippen LogP contribution is 2.36. The number of piperidine rings is 1. The minimum Gasteiger partial charge on any atom is -0.497 e. The van der Waals surface area contributed by atoms with Gasteiger partial charge in [-0.05, 0) is 31.5 Å². The van der Waals surface area contributed by atoms with Gasteiger partial charge in [-0.3, -0.25) is 19.3 Å². The highest BCUT2D eigenvalue weighted by molar-refractivity contribution is 6.23. The number of rotatable bonds is 5. The molecule has 0 aliphatic carbocycles. The van der Waals surface area contributed by atoms with Crippen molar-refractivity contribution in [2.75, 3.05) is 39.3 Å². The lowest BCUT2D eigenvalue weighted by molar-refractivity contribution is -0.148. The Balaban J connectivity index is 1.84. The molecule has 0 saturated carbocycles. The highest BCUT2D eigenvalue weighted by Gasteiger charge is 2.45. The van der Waals surface area contributed by atoms with Crippen LogP contribution in [0.2, 0.25) is 0 Å². The first-order chi connectivity index (χ1) is 13.0. The summed E-state index contributed by atoms with van der Waals surface area (Å²) in [6, 6.07) is 4.40. The number of esters is 1. The number of hydrogen-bond acceptors (Lipinski definition) is 7. The van der Waals surface area contributed by atoms with Gasteiger partial charge in [-0.15, -0.1) is 0 Å². The lowest BCUT2D eigenvalue weighted by atomic mass is 9.96. The van der Waals surface area contributed by atoms with Crippen LogP contribution in [-0.4, -0.2) is 63.1 Å². The molecule has 2 saturated heterocycles. The number of nitrogens with zero attached hydrogens (tertiary/aromatic N) is 2. The third-order valence-electron chi connectivity index (χ3n) is 5.18. The topological polar surface area (TPSA) is 85.4 Å². The average molecular weight is 376 g/mol. The lowest BCUT2D eigenvalue weighted by Crippen LogP contribution is -2.48. The monoisotopic (exact) mass is 376 g/mol. The van der Waals surface area contributed by atoms with Crippen LogP contribution in [0.4, 0.5) is 5.69 Å². The molecule has 0 spiro atoms. The van der Waals surface area contributed by atoms with Crippen LogP contribution in [0.1, 0.15) is 19.3 Å². The predicted molar refractivity (Wildman–Crippen MR) is 96.8 cm³/mol. The molecule has 2 fully saturated rings. The molecule has 2 aliphatic rings. The van der Waals surface area contributed by atoms with E-state index in [0.29, 0.717) is 30.3 Å². The zero-order chi connectivity index (χ0) is 19.6. The van der Waals surface area contributed by atoms with Crippen LogP contribution in [0, 0.1) is 5.92 Å². The summed E-state index contributed by atoms with van der Waals surface area (Å²) >= 11 is 0. The summed E-state index contributed by atoms with van der Waals surface area (Å²) in [6.45, 7) is 1.08. The van der Waals surface area contributed by atoms with E-state index in [2.05, 4.69) is 0 Å². The Labute approximate surface area is 158 Å². The lowest BCUT2D eigenvalue weighted by Gasteiger charge is -2.34. The molecule has 2 unspecified atom stereocenters. The van der Waals surface area contributed by atoms with E-state index in [1.165, 1.54) is 21.3 Å². The molecule has 2 atom stereocenters. The minimum atomic E-state index is -0.583. The molecule has 0 aromatic heterocycles. The maximum atomic E-state index is 13.1. The van der Waals surface area contributed by atoms with Crippen LogP contribution < -0.4 is 14.4 Å². The molecule has 2 amide bonds. The fourth-order valence-electron chi connectivity index (χ4n) is 3.77. The van der Waals surface area contributed by atoms with E-state index in [1.807, 2.05) is 4.90 Å². The van der Waals surface area contributed by atoms with Gasteiger partial charge in [-0.1, -0.05) is 0 Å². The number of likely N-dealkylation sites (tertiary alicyclic amines) is 1. The molecule has 0 radical (unpaired) electrons. The Kier molecular flexibility index (Phi) is 5.65. The van der Waals surface area contributed by atoms with Gasteiger partial charge in [0.1, 0.15) is 11.5 Å². The first-order valence-corrected chi connectivity index (χ1v) is 8.90. The fourth-order valence-corrected chi connectivity index (χ4v) is 3.77. The largest absolute Gasteiger partial charge is 0.497 e. The molecule has 3 rings (SSSR count). The minimum absolute atomic E-state index is 0.0765. The van der Waals surface area contributed by atoms with Gasteiger partial charge in [0.2, 0.25) is 5.91 Å². The highest BCUT2D eigenvalue weighted by atomic mass is 16.5. The van der Waals surface area contributed by atoms with Crippen LogP contribution >= 0.6 is 0 Å². The molecule has 146 valence electrons. The molecule has 1 aromatic carbocycles. The van der Waals surface area contributed by atoms with E-state index in [9.17, 15) is 14.4 Å². The van der Waals surface area contributed by atoms with E-state index >= 15 is 0 Å². The molecule has 0 N–H and O–H groups in total. The first-order valence-electron chi connectivity index (χ1n) is 8.90. The zero-order valence-electron chi connectivity index (χ0n) is 15.8. The number of amides is 2. The fraction of sp³-hybridized carbons (Fsp3) is 0.526. The van der Waals surface area contributed by atoms with Gasteiger partial charge in [0.25, 0.3) is 5.91 Å². The molecular weight excluding hydrogens is 352 g/mol. The van der Waals surface area contributed by atoms with Crippen molar-refractivity contribution in [3.8, 4) is 11.5 Å². The Morgan fingerprint density at radius 2 is 1.93 bits per heavy atom. The smallest absolute Gasteiger partial charge is 0.309 e. The number of benzene rings is 1. The molecule has 8 nitrogen and oxygen atoms in total. The van der Waals surface area contributed by atoms with E-state index in [0.717, 1.165) is 17.7 Å². The standard InChI is InChI=1S/C19H24N2O6/c1-25-13-6-7-16(26-2)14(9-13)21-17(22)10-15(18(21)23)20-8-4-5-12(11-20)19(24)27-3/h6-7,9,12,15H,4-5,8,10-11H2,1-3H3. The molecule has 2 heterocycles. The number of carbonyl (C=O) groups excluding carboxylic acids is 3. The Morgan fingerprint density at radius 3 is 2.59 bits per heavy atom. The summed E-state index contributed by atoms with van der Waals surface area (Å²) < 4.78 is 15.4. The zero-order valence-corrected chi connectivity index (χ0v) is 15.8. The second-order valence-corrected chi connectivity index (χ2v) is 6.68. The summed E-state index contributed by atoms with van der Waals surface area (Å²) in [7, 11) is 4.37. The molecule has 1 aromatic rings. The van der Waals surface area contributed by atoms with Crippen LogP contribution in [0.5, 0.6) is 11.5 Å². The summed E-state index contributed by atoms with van der Waals surface area (Å²) in [5, 5.41) is 0. The van der Waals surface area contributed by atoms with Crippen LogP contribution in [0.3, 0.4) is 0 Å². The summed E-state index contributed by atoms with van der Waals surface area (Å²) in [5.74, 6) is -0.202. The van der Waals surface area contributed by atoms with E-state index in [-0.39, 0.29) is 30.1 Å². The van der Waals surface area contributed by atoms with Crippen LogP contribution in [0.15, 0.2) is 18.2 Å². The van der Waals surface area contributed by atoms with Crippen molar-refractivity contribution < 1.29 is 28.6 Å². The van der Waals surface area contributed by atoms with Crippen molar-refractivity contribution in [3.63, 3.8) is 0 Å². The quantitative estimate of drug-likeness (QED) is 0.564. The number of methoxy groups -OCH3 is 3. The van der Waals surface area contributed by atoms with Crippen molar-refractivity contribution in [1.82, 2.24) is 4.90 Å². The van der Waals surface area contributed by atoms with E-state index in [1.54, 1.807) is 18.2 Å². The first kappa shape index (κ1) is 19.2. The third-order valence-corrected chi connectivity index (χ3v) is 5.18. The molecule has 27 heavy (non-hydrogen) atoms. The van der Waals surface area contributed by atoms with Gasteiger partial charge in [-0.2, -0.15) is 0 Å². The second kappa shape index (κ2) is 7.96. The number of anilines is 1. The van der Waals surface area contributed by atoms with Gasteiger partial charge >= 0.3 is 5.97 Å². The molecule has 2 aliphatic heterocycles. The molecule has 0 bridgehead atoms. The number of hydrogen-bond donors (Lipinski definition) is 0. The van der Waals surface area contributed by atoms with E-state index in [4.69, 9.17) is 14.2 Å². The van der Waals surface area contributed by atoms with Gasteiger partial charge in [-0.25, -0.2) is 4.90 Å². The Morgan fingerprint density at radius 1 is 1.15 bits per heavy atom. The van der Waals surface area contributed by atoms with E-state index < -0.39 is 6.04 Å². The van der Waals surface area contributed by atoms with Crippen molar-refractivity contribution in [3.05, 3.63) is 18.2 Å². The maximum absolute atomic E-state index is 13.1. The Hall–Kier alpha value is -2.61. The van der Waals surface area contributed by atoms with Gasteiger partial charge in [0.15, 0.2) is 0 Å². The second-order valence-electron chi connectivity index (χ2n) is 6.68. The van der Waals surface area contributed by atoms with Gasteiger partial charge in [0, 0.05) is 12.6 Å². The number of imide groups is 1. The van der Waals surface area contributed by atoms with Crippen LogP contribution in [0.25, 0.3) is 0 Å². The van der Waals surface area contributed by atoms with Crippen molar-refractivity contribution in [2.45, 2.75) is 25.3 Å². The van der Waals surface area contributed by atoms with Crippen molar-refractivity contribution >= 4 is 23.5 Å². The summed E-state index contributed by atoms with van der Waals surface area (Å²) in [5.41, 5.74) is 0.371. The maximum Gasteiger partial charge on any atom is 0.309 e. The van der Waals surface area contributed by atoms with Crippen LogP contribution in [-0.2, 0) is 19.1 Å². The van der Waals surface area contributed by atoms with Crippen molar-refractivity contribution in [2.24, 2.45) is 5.92 Å². The SMILES string of the molecule is COC(=O)C1CCCN(C2CC(=O)N(c3cc(OC)ccc3OC)C2=O)C1. The summed E-state index contributed by atoms with van der Waals surface area (Å²) in [6.07, 6.45) is 1.58. The van der Waals surface area contributed by atoms with Crippen molar-refractivity contribution in [1.29, 1.82) is 0 Å². The normalized spacial score (nSPS) is 23.4. The Bertz CT molecular complexity index is 750. The predicted octanol–water partition coefficient (Wildman–Crippen LogP) is 1.22. The van der Waals surface area contributed by atoms with Gasteiger partial charge < -0.3 is 14.2 Å². The average Bonchev–Trinajstić information content (AvgIpc) is 3.00. The molecular formula is C19H24N2O6. The number of ether oxygens (including phenoxy) is 3. The molecule has 8 heteroatoms.